The van der Waals surface area contributed by atoms with E-state index >= 15 is 0 Å². The standard InChI is InChI=1S/C8H15NO2/c1-4-7(9-5-2)8(10)11-6-3/h4,9H,5-6H2,1-3H3. The minimum absolute atomic E-state index is 0.281. The molecular formula is C8H15NO2. The second-order valence-corrected chi connectivity index (χ2v) is 1.95. The molecule has 0 amide bonds. The van der Waals surface area contributed by atoms with Crippen molar-refractivity contribution in [2.45, 2.75) is 20.8 Å². The first-order valence-corrected chi connectivity index (χ1v) is 3.83. The first-order chi connectivity index (χ1) is 5.26. The van der Waals surface area contributed by atoms with Gasteiger partial charge in [0.05, 0.1) is 6.61 Å². The summed E-state index contributed by atoms with van der Waals surface area (Å²) in [6.07, 6.45) is 1.71. The van der Waals surface area contributed by atoms with Crippen molar-refractivity contribution in [1.82, 2.24) is 5.32 Å². The van der Waals surface area contributed by atoms with Crippen molar-refractivity contribution in [3.63, 3.8) is 0 Å². The van der Waals surface area contributed by atoms with Crippen molar-refractivity contribution in [2.24, 2.45) is 0 Å². The van der Waals surface area contributed by atoms with Crippen LogP contribution in [0.1, 0.15) is 20.8 Å². The molecule has 0 fully saturated rings. The van der Waals surface area contributed by atoms with Crippen LogP contribution >= 0.6 is 0 Å². The molecule has 0 aromatic rings. The summed E-state index contributed by atoms with van der Waals surface area (Å²) in [7, 11) is 0. The number of hydrogen-bond donors (Lipinski definition) is 1. The van der Waals surface area contributed by atoms with Gasteiger partial charge in [0.25, 0.3) is 0 Å². The summed E-state index contributed by atoms with van der Waals surface area (Å²) in [5.74, 6) is -0.281. The lowest BCUT2D eigenvalue weighted by molar-refractivity contribution is -0.138. The van der Waals surface area contributed by atoms with E-state index in [2.05, 4.69) is 5.32 Å². The molecule has 0 aliphatic heterocycles. The second-order valence-electron chi connectivity index (χ2n) is 1.95. The quantitative estimate of drug-likeness (QED) is 0.490. The summed E-state index contributed by atoms with van der Waals surface area (Å²) in [6.45, 7) is 6.68. The van der Waals surface area contributed by atoms with Gasteiger partial charge in [-0.3, -0.25) is 0 Å². The van der Waals surface area contributed by atoms with Crippen LogP contribution in [0.2, 0.25) is 0 Å². The van der Waals surface area contributed by atoms with E-state index in [1.807, 2.05) is 6.92 Å². The lowest BCUT2D eigenvalue weighted by Crippen LogP contribution is -2.21. The molecule has 0 atom stereocenters. The molecule has 0 heterocycles. The van der Waals surface area contributed by atoms with Gasteiger partial charge in [-0.25, -0.2) is 4.79 Å². The summed E-state index contributed by atoms with van der Waals surface area (Å²) in [5, 5.41) is 2.90. The van der Waals surface area contributed by atoms with Gasteiger partial charge in [-0.2, -0.15) is 0 Å². The lowest BCUT2D eigenvalue weighted by Gasteiger charge is -2.06. The molecule has 3 heteroatoms. The van der Waals surface area contributed by atoms with Crippen LogP contribution in [0.5, 0.6) is 0 Å². The van der Waals surface area contributed by atoms with Crippen LogP contribution in [-0.4, -0.2) is 19.1 Å². The number of likely N-dealkylation sites (N-methyl/N-ethyl adjacent to an activating group) is 1. The van der Waals surface area contributed by atoms with Crippen LogP contribution in [0.25, 0.3) is 0 Å². The van der Waals surface area contributed by atoms with Crippen molar-refractivity contribution in [3.8, 4) is 0 Å². The van der Waals surface area contributed by atoms with Crippen LogP contribution in [0.3, 0.4) is 0 Å². The highest BCUT2D eigenvalue weighted by molar-refractivity contribution is 5.87. The van der Waals surface area contributed by atoms with Gasteiger partial charge in [0.2, 0.25) is 0 Å². The lowest BCUT2D eigenvalue weighted by atomic mass is 10.4. The Labute approximate surface area is 67.4 Å². The minimum atomic E-state index is -0.281. The number of rotatable bonds is 4. The Hall–Kier alpha value is -0.990. The summed E-state index contributed by atoms with van der Waals surface area (Å²) in [4.78, 5) is 11.0. The minimum Gasteiger partial charge on any atom is -0.461 e. The monoisotopic (exact) mass is 157 g/mol. The van der Waals surface area contributed by atoms with E-state index in [1.54, 1.807) is 19.9 Å². The summed E-state index contributed by atoms with van der Waals surface area (Å²) in [5.41, 5.74) is 0.536. The van der Waals surface area contributed by atoms with Gasteiger partial charge in [0.15, 0.2) is 0 Å². The molecule has 64 valence electrons. The zero-order chi connectivity index (χ0) is 8.69. The zero-order valence-corrected chi connectivity index (χ0v) is 7.31. The number of carbonyl (C=O) groups is 1. The Bertz CT molecular complexity index is 152. The molecule has 1 N–H and O–H groups in total. The SMILES string of the molecule is CC=C(NCC)C(=O)OCC. The molecule has 0 aromatic heterocycles. The van der Waals surface area contributed by atoms with Crippen molar-refractivity contribution in [3.05, 3.63) is 11.8 Å². The average Bonchev–Trinajstić information content (AvgIpc) is 2.00. The van der Waals surface area contributed by atoms with Gasteiger partial charge >= 0.3 is 5.97 Å². The zero-order valence-electron chi connectivity index (χ0n) is 7.31. The van der Waals surface area contributed by atoms with Crippen molar-refractivity contribution >= 4 is 5.97 Å². The van der Waals surface area contributed by atoms with Gasteiger partial charge in [0, 0.05) is 6.54 Å². The van der Waals surface area contributed by atoms with Gasteiger partial charge < -0.3 is 10.1 Å². The molecule has 0 aliphatic carbocycles. The molecular weight excluding hydrogens is 142 g/mol. The molecule has 0 aromatic carbocycles. The molecule has 0 bridgehead atoms. The largest absolute Gasteiger partial charge is 0.461 e. The third-order valence-electron chi connectivity index (χ3n) is 1.15. The van der Waals surface area contributed by atoms with E-state index in [4.69, 9.17) is 4.74 Å². The van der Waals surface area contributed by atoms with Crippen LogP contribution in [0.4, 0.5) is 0 Å². The van der Waals surface area contributed by atoms with E-state index in [0.717, 1.165) is 6.54 Å². The predicted octanol–water partition coefficient (Wildman–Crippen LogP) is 1.06. The number of nitrogens with one attached hydrogen (secondary N) is 1. The van der Waals surface area contributed by atoms with Gasteiger partial charge in [-0.15, -0.1) is 0 Å². The first kappa shape index (κ1) is 10.0. The van der Waals surface area contributed by atoms with Gasteiger partial charge in [0.1, 0.15) is 5.70 Å². The molecule has 0 spiro atoms. The molecule has 0 saturated carbocycles. The summed E-state index contributed by atoms with van der Waals surface area (Å²) < 4.78 is 4.78. The average molecular weight is 157 g/mol. The number of carbonyl (C=O) groups excluding carboxylic acids is 1. The Morgan fingerprint density at radius 1 is 1.55 bits per heavy atom. The number of esters is 1. The van der Waals surface area contributed by atoms with Crippen LogP contribution in [0, 0.1) is 0 Å². The Balaban J connectivity index is 3.94. The number of allylic oxidation sites excluding steroid dienone is 1. The maximum absolute atomic E-state index is 11.0. The number of ether oxygens (including phenoxy) is 1. The first-order valence-electron chi connectivity index (χ1n) is 3.83. The fourth-order valence-electron chi connectivity index (χ4n) is 0.691. The van der Waals surface area contributed by atoms with Crippen LogP contribution in [-0.2, 0) is 9.53 Å². The maximum Gasteiger partial charge on any atom is 0.354 e. The van der Waals surface area contributed by atoms with Crippen LogP contribution in [0.15, 0.2) is 11.8 Å². The predicted molar refractivity (Wildman–Crippen MR) is 44.1 cm³/mol. The molecule has 11 heavy (non-hydrogen) atoms. The Morgan fingerprint density at radius 2 is 2.18 bits per heavy atom. The van der Waals surface area contributed by atoms with E-state index < -0.39 is 0 Å². The third-order valence-corrected chi connectivity index (χ3v) is 1.15. The number of hydrogen-bond acceptors (Lipinski definition) is 3. The normalized spacial score (nSPS) is 11.0. The van der Waals surface area contributed by atoms with Crippen LogP contribution < -0.4 is 5.32 Å². The molecule has 0 saturated heterocycles. The van der Waals surface area contributed by atoms with Crippen molar-refractivity contribution in [1.29, 1.82) is 0 Å². The van der Waals surface area contributed by atoms with E-state index in [0.29, 0.717) is 12.3 Å². The summed E-state index contributed by atoms with van der Waals surface area (Å²) >= 11 is 0. The third kappa shape index (κ3) is 3.65. The molecule has 0 radical (unpaired) electrons. The molecule has 0 unspecified atom stereocenters. The molecule has 3 nitrogen and oxygen atoms in total. The maximum atomic E-state index is 11.0. The summed E-state index contributed by atoms with van der Waals surface area (Å²) in [6, 6.07) is 0. The smallest absolute Gasteiger partial charge is 0.354 e. The highest BCUT2D eigenvalue weighted by Gasteiger charge is 2.06. The van der Waals surface area contributed by atoms with E-state index in [9.17, 15) is 4.79 Å². The fraction of sp³-hybridized carbons (Fsp3) is 0.625. The van der Waals surface area contributed by atoms with Gasteiger partial charge in [-0.1, -0.05) is 6.08 Å². The van der Waals surface area contributed by atoms with E-state index in [1.165, 1.54) is 0 Å². The van der Waals surface area contributed by atoms with Crippen molar-refractivity contribution in [2.75, 3.05) is 13.2 Å². The fourth-order valence-corrected chi connectivity index (χ4v) is 0.691. The molecule has 0 aliphatic rings. The second kappa shape index (κ2) is 5.77. The topological polar surface area (TPSA) is 38.3 Å². The molecule has 0 rings (SSSR count). The Kier molecular flexibility index (Phi) is 5.25. The van der Waals surface area contributed by atoms with Gasteiger partial charge in [-0.05, 0) is 20.8 Å². The highest BCUT2D eigenvalue weighted by Crippen LogP contribution is 1.92. The van der Waals surface area contributed by atoms with Crippen molar-refractivity contribution < 1.29 is 9.53 Å². The Morgan fingerprint density at radius 3 is 2.55 bits per heavy atom. The highest BCUT2D eigenvalue weighted by atomic mass is 16.5. The van der Waals surface area contributed by atoms with E-state index in [-0.39, 0.29) is 5.97 Å².